The van der Waals surface area contributed by atoms with E-state index >= 15 is 0 Å². The van der Waals surface area contributed by atoms with Gasteiger partial charge in [0, 0.05) is 24.3 Å². The van der Waals surface area contributed by atoms with Crippen LogP contribution in [0.1, 0.15) is 5.56 Å². The fraction of sp³-hybridized carbons (Fsp3) is 0.133. The van der Waals surface area contributed by atoms with E-state index in [1.54, 1.807) is 48.1 Å². The number of carbonyl (C=O) groups is 2. The Labute approximate surface area is 131 Å². The van der Waals surface area contributed by atoms with Crippen molar-refractivity contribution in [3.05, 3.63) is 58.4 Å². The molecule has 1 aromatic heterocycles. The van der Waals surface area contributed by atoms with E-state index in [-0.39, 0.29) is 18.1 Å². The Bertz CT molecular complexity index is 801. The monoisotopic (exact) mass is 313 g/mol. The number of nitro groups is 1. The van der Waals surface area contributed by atoms with Gasteiger partial charge in [-0.15, -0.1) is 0 Å². The van der Waals surface area contributed by atoms with Gasteiger partial charge in [-0.3, -0.25) is 14.9 Å². The van der Waals surface area contributed by atoms with Crippen LogP contribution in [-0.4, -0.2) is 23.4 Å². The molecule has 0 bridgehead atoms. The van der Waals surface area contributed by atoms with Crippen molar-refractivity contribution in [2.45, 2.75) is 6.92 Å². The lowest BCUT2D eigenvalue weighted by molar-refractivity contribution is -0.600. The van der Waals surface area contributed by atoms with Crippen molar-refractivity contribution in [3.8, 4) is 5.69 Å². The number of aryl methyl sites for hydroxylation is 1. The van der Waals surface area contributed by atoms with Crippen molar-refractivity contribution >= 4 is 23.3 Å². The summed E-state index contributed by atoms with van der Waals surface area (Å²) in [6.07, 6.45) is 3.15. The van der Waals surface area contributed by atoms with Gasteiger partial charge in [0.1, 0.15) is 0 Å². The first-order valence-electron chi connectivity index (χ1n) is 6.85. The summed E-state index contributed by atoms with van der Waals surface area (Å²) in [5.74, 6) is -0.339. The molecule has 1 aliphatic rings. The molecule has 8 nitrogen and oxygen atoms in total. The summed E-state index contributed by atoms with van der Waals surface area (Å²) in [6.45, 7) is 1.75. The molecular weight excluding hydrogens is 300 g/mol. The lowest BCUT2D eigenvalue weighted by Gasteiger charge is -2.10. The van der Waals surface area contributed by atoms with Crippen LogP contribution < -0.4 is 14.8 Å². The molecule has 0 aliphatic carbocycles. The molecule has 8 heteroatoms. The molecule has 0 saturated carbocycles. The second-order valence-corrected chi connectivity index (χ2v) is 5.10. The van der Waals surface area contributed by atoms with Crippen molar-refractivity contribution in [2.24, 2.45) is 0 Å². The lowest BCUT2D eigenvalue weighted by atomic mass is 10.2. The number of benzene rings is 1. The van der Waals surface area contributed by atoms with Gasteiger partial charge in [0.2, 0.25) is 0 Å². The minimum Gasteiger partial charge on any atom is -0.328 e. The molecule has 1 aromatic carbocycles. The third-order valence-corrected chi connectivity index (χ3v) is 3.52. The first-order chi connectivity index (χ1) is 11.0. The number of amides is 3. The number of carbonyl (C=O) groups excluding carboxylic acids is 2. The van der Waals surface area contributed by atoms with Crippen molar-refractivity contribution in [3.63, 3.8) is 0 Å². The molecule has 0 radical (unpaired) electrons. The highest BCUT2D eigenvalue weighted by atomic mass is 16.6. The molecule has 0 unspecified atom stereocenters. The number of hydrogen-bond acceptors (Lipinski definition) is 4. The number of rotatable bonds is 3. The van der Waals surface area contributed by atoms with Gasteiger partial charge in [0.25, 0.3) is 11.6 Å². The Morgan fingerprint density at radius 3 is 2.48 bits per heavy atom. The van der Waals surface area contributed by atoms with Crippen molar-refractivity contribution in [1.82, 2.24) is 5.32 Å². The van der Waals surface area contributed by atoms with E-state index in [9.17, 15) is 19.7 Å². The topological polar surface area (TPSA) is 96.4 Å². The number of pyridine rings is 1. The number of aromatic nitrogens is 1. The fourth-order valence-corrected chi connectivity index (χ4v) is 2.41. The van der Waals surface area contributed by atoms with Gasteiger partial charge in [-0.25, -0.2) is 9.69 Å². The highest BCUT2D eigenvalue weighted by molar-refractivity contribution is 6.19. The molecule has 3 amide bonds. The van der Waals surface area contributed by atoms with Gasteiger partial charge in [-0.05, 0) is 12.5 Å². The average molecular weight is 313 g/mol. The van der Waals surface area contributed by atoms with E-state index in [2.05, 4.69) is 5.32 Å². The molecule has 1 aliphatic heterocycles. The Kier molecular flexibility index (Phi) is 3.49. The summed E-state index contributed by atoms with van der Waals surface area (Å²) < 4.78 is 1.57. The number of nitrogens with zero attached hydrogens (tertiary/aromatic N) is 3. The molecule has 116 valence electrons. The third kappa shape index (κ3) is 2.61. The van der Waals surface area contributed by atoms with Gasteiger partial charge in [-0.2, -0.15) is 4.57 Å². The van der Waals surface area contributed by atoms with Crippen LogP contribution in [-0.2, 0) is 4.79 Å². The Balaban J connectivity index is 1.99. The highest BCUT2D eigenvalue weighted by Gasteiger charge is 2.31. The fourth-order valence-electron chi connectivity index (χ4n) is 2.41. The van der Waals surface area contributed by atoms with Gasteiger partial charge in [0.15, 0.2) is 12.4 Å². The Morgan fingerprint density at radius 2 is 1.91 bits per heavy atom. The smallest absolute Gasteiger partial charge is 0.328 e. The number of anilines is 1. The molecule has 1 fully saturated rings. The number of urea groups is 1. The number of imide groups is 1. The van der Waals surface area contributed by atoms with Crippen LogP contribution in [0.4, 0.5) is 16.2 Å². The van der Waals surface area contributed by atoms with Crippen LogP contribution in [0.3, 0.4) is 0 Å². The lowest BCUT2D eigenvalue weighted by Crippen LogP contribution is -2.34. The molecule has 2 heterocycles. The number of nitro benzene ring substituents is 1. The minimum absolute atomic E-state index is 0.0160. The van der Waals surface area contributed by atoms with Crippen LogP contribution in [0.25, 0.3) is 5.69 Å². The highest BCUT2D eigenvalue weighted by Crippen LogP contribution is 2.21. The number of nitrogens with one attached hydrogen (secondary N) is 1. The second-order valence-electron chi connectivity index (χ2n) is 5.10. The standard InChI is InChI=1S/C15H12N4O4/c1-10-2-3-12(13(8-10)19(22)23)17-6-4-11(5-7-17)18-14(20)9-16-15(18)21/h2-8H,9H2,1H3/p+1. The summed E-state index contributed by atoms with van der Waals surface area (Å²) in [4.78, 5) is 35.1. The van der Waals surface area contributed by atoms with E-state index < -0.39 is 11.0 Å². The minimum atomic E-state index is -0.478. The van der Waals surface area contributed by atoms with Crippen molar-refractivity contribution in [1.29, 1.82) is 0 Å². The Hall–Kier alpha value is -3.29. The average Bonchev–Trinajstić information content (AvgIpc) is 2.86. The molecular formula is C15H13N4O4+. The number of hydrogen-bond donors (Lipinski definition) is 1. The van der Waals surface area contributed by atoms with E-state index in [0.717, 1.165) is 10.5 Å². The molecule has 0 spiro atoms. The first-order valence-corrected chi connectivity index (χ1v) is 6.85. The van der Waals surface area contributed by atoms with Crippen LogP contribution in [0.15, 0.2) is 42.7 Å². The SMILES string of the molecule is Cc1ccc(-[n+]2ccc(N3C(=O)CNC3=O)cc2)c([N+](=O)[O-])c1. The second kappa shape index (κ2) is 5.48. The summed E-state index contributed by atoms with van der Waals surface area (Å²) in [7, 11) is 0. The molecule has 2 aromatic rings. The molecule has 1 N–H and O–H groups in total. The zero-order valence-electron chi connectivity index (χ0n) is 12.2. The zero-order valence-corrected chi connectivity index (χ0v) is 12.2. The molecule has 23 heavy (non-hydrogen) atoms. The van der Waals surface area contributed by atoms with Crippen LogP contribution in [0.2, 0.25) is 0 Å². The molecule has 1 saturated heterocycles. The Morgan fingerprint density at radius 1 is 1.22 bits per heavy atom. The van der Waals surface area contributed by atoms with Crippen LogP contribution in [0, 0.1) is 17.0 Å². The largest absolute Gasteiger partial charge is 0.340 e. The first kappa shape index (κ1) is 14.6. The van der Waals surface area contributed by atoms with Crippen molar-refractivity contribution in [2.75, 3.05) is 11.4 Å². The molecule has 3 rings (SSSR count). The van der Waals surface area contributed by atoms with E-state index in [4.69, 9.17) is 0 Å². The van der Waals surface area contributed by atoms with Crippen LogP contribution in [0.5, 0.6) is 0 Å². The zero-order chi connectivity index (χ0) is 16.6. The van der Waals surface area contributed by atoms with Gasteiger partial charge < -0.3 is 5.32 Å². The normalized spacial score (nSPS) is 14.0. The van der Waals surface area contributed by atoms with E-state index in [1.165, 1.54) is 6.07 Å². The summed E-state index contributed by atoms with van der Waals surface area (Å²) in [5, 5.41) is 13.6. The van der Waals surface area contributed by atoms with Crippen molar-refractivity contribution < 1.29 is 19.1 Å². The third-order valence-electron chi connectivity index (χ3n) is 3.52. The van der Waals surface area contributed by atoms with Crippen LogP contribution >= 0.6 is 0 Å². The predicted octanol–water partition coefficient (Wildman–Crippen LogP) is 1.24. The van der Waals surface area contributed by atoms with Gasteiger partial charge >= 0.3 is 11.7 Å². The maximum Gasteiger partial charge on any atom is 0.340 e. The maximum atomic E-state index is 11.7. The quantitative estimate of drug-likeness (QED) is 0.399. The van der Waals surface area contributed by atoms with Gasteiger partial charge in [0.05, 0.1) is 17.2 Å². The summed E-state index contributed by atoms with van der Waals surface area (Å²) in [5.41, 5.74) is 1.59. The predicted molar refractivity (Wildman–Crippen MR) is 80.3 cm³/mol. The van der Waals surface area contributed by atoms with Gasteiger partial charge in [-0.1, -0.05) is 6.07 Å². The summed E-state index contributed by atoms with van der Waals surface area (Å²) >= 11 is 0. The van der Waals surface area contributed by atoms with E-state index in [0.29, 0.717) is 11.4 Å². The molecule has 0 atom stereocenters. The summed E-state index contributed by atoms with van der Waals surface area (Å²) in [6, 6.07) is 7.57. The van der Waals surface area contributed by atoms with E-state index in [1.807, 2.05) is 0 Å². The maximum absolute atomic E-state index is 11.7.